The van der Waals surface area contributed by atoms with Gasteiger partial charge in [-0.2, -0.15) is 0 Å². The van der Waals surface area contributed by atoms with Crippen LogP contribution in [0.25, 0.3) is 0 Å². The number of alkyl halides is 1. The summed E-state index contributed by atoms with van der Waals surface area (Å²) in [4.78, 5) is 0. The van der Waals surface area contributed by atoms with Crippen molar-refractivity contribution >= 4 is 0 Å². The van der Waals surface area contributed by atoms with Gasteiger partial charge < -0.3 is 25.2 Å². The van der Waals surface area contributed by atoms with E-state index >= 15 is 0 Å². The van der Waals surface area contributed by atoms with Crippen LogP contribution in [0.4, 0.5) is 4.39 Å². The lowest BCUT2D eigenvalue weighted by Crippen LogP contribution is -2.60. The van der Waals surface area contributed by atoms with Gasteiger partial charge in [-0.05, 0) is 0 Å². The standard InChI is InChI=1S/C6H11FO5/c7-6(2-8)5(11)4(10)3(9)1-12-6/h3-5,8-11H,1-2H2/t3-,4+,5-,6+/m0/s1. The molecule has 0 bridgehead atoms. The maximum atomic E-state index is 13.1. The largest absolute Gasteiger partial charge is 0.390 e. The van der Waals surface area contributed by atoms with E-state index in [1.54, 1.807) is 0 Å². The van der Waals surface area contributed by atoms with Crippen LogP contribution in [0.1, 0.15) is 0 Å². The molecule has 0 radical (unpaired) electrons. The van der Waals surface area contributed by atoms with Crippen molar-refractivity contribution in [1.29, 1.82) is 0 Å². The molecule has 0 unspecified atom stereocenters. The van der Waals surface area contributed by atoms with Crippen LogP contribution in [-0.2, 0) is 4.74 Å². The first-order chi connectivity index (χ1) is 5.51. The monoisotopic (exact) mass is 182 g/mol. The molecule has 1 heterocycles. The van der Waals surface area contributed by atoms with Crippen LogP contribution in [0.3, 0.4) is 0 Å². The fourth-order valence-corrected chi connectivity index (χ4v) is 1.01. The Morgan fingerprint density at radius 3 is 2.50 bits per heavy atom. The van der Waals surface area contributed by atoms with Gasteiger partial charge in [0.05, 0.1) is 6.61 Å². The maximum absolute atomic E-state index is 13.1. The Kier molecular flexibility index (Phi) is 2.64. The molecule has 6 heteroatoms. The molecule has 4 atom stereocenters. The molecule has 1 aliphatic rings. The molecule has 1 aliphatic heterocycles. The van der Waals surface area contributed by atoms with Gasteiger partial charge >= 0.3 is 0 Å². The lowest BCUT2D eigenvalue weighted by Gasteiger charge is -2.38. The van der Waals surface area contributed by atoms with E-state index in [0.29, 0.717) is 0 Å². The topological polar surface area (TPSA) is 90.2 Å². The molecule has 0 spiro atoms. The minimum atomic E-state index is -2.67. The fourth-order valence-electron chi connectivity index (χ4n) is 1.01. The van der Waals surface area contributed by atoms with E-state index < -0.39 is 37.4 Å². The van der Waals surface area contributed by atoms with E-state index in [0.717, 1.165) is 0 Å². The third kappa shape index (κ3) is 1.44. The predicted octanol–water partition coefficient (Wildman–Crippen LogP) is -2.24. The van der Waals surface area contributed by atoms with Crippen molar-refractivity contribution in [3.8, 4) is 0 Å². The second-order valence-corrected chi connectivity index (χ2v) is 2.76. The van der Waals surface area contributed by atoms with Crippen LogP contribution in [0.15, 0.2) is 0 Å². The Morgan fingerprint density at radius 1 is 1.42 bits per heavy atom. The van der Waals surface area contributed by atoms with Gasteiger partial charge in [-0.1, -0.05) is 0 Å². The molecule has 5 nitrogen and oxygen atoms in total. The predicted molar refractivity (Wildman–Crippen MR) is 34.9 cm³/mol. The first kappa shape index (κ1) is 9.82. The minimum absolute atomic E-state index is 0.449. The van der Waals surface area contributed by atoms with Gasteiger partial charge in [0.25, 0.3) is 5.85 Å². The van der Waals surface area contributed by atoms with Gasteiger partial charge in [0, 0.05) is 0 Å². The highest BCUT2D eigenvalue weighted by atomic mass is 19.2. The second-order valence-electron chi connectivity index (χ2n) is 2.76. The lowest BCUT2D eigenvalue weighted by atomic mass is 9.99. The molecule has 1 saturated heterocycles. The molecule has 12 heavy (non-hydrogen) atoms. The van der Waals surface area contributed by atoms with Crippen LogP contribution in [0.5, 0.6) is 0 Å². The Hall–Kier alpha value is -0.270. The van der Waals surface area contributed by atoms with Crippen molar-refractivity contribution < 1.29 is 29.6 Å². The van der Waals surface area contributed by atoms with Crippen LogP contribution in [0, 0.1) is 0 Å². The zero-order chi connectivity index (χ0) is 9.35. The summed E-state index contributed by atoms with van der Waals surface area (Å²) in [6.07, 6.45) is -4.88. The smallest absolute Gasteiger partial charge is 0.261 e. The summed E-state index contributed by atoms with van der Waals surface area (Å²) < 4.78 is 17.5. The highest BCUT2D eigenvalue weighted by molar-refractivity contribution is 4.91. The van der Waals surface area contributed by atoms with E-state index in [1.165, 1.54) is 0 Å². The van der Waals surface area contributed by atoms with E-state index in [4.69, 9.17) is 20.4 Å². The van der Waals surface area contributed by atoms with Crippen molar-refractivity contribution in [2.45, 2.75) is 24.2 Å². The molecule has 1 rings (SSSR count). The number of hydrogen-bond donors (Lipinski definition) is 4. The summed E-state index contributed by atoms with van der Waals surface area (Å²) in [5.41, 5.74) is 0. The van der Waals surface area contributed by atoms with Crippen LogP contribution in [0.2, 0.25) is 0 Å². The second kappa shape index (κ2) is 3.23. The minimum Gasteiger partial charge on any atom is -0.390 e. The van der Waals surface area contributed by atoms with E-state index in [-0.39, 0.29) is 0 Å². The summed E-state index contributed by atoms with van der Waals surface area (Å²) in [5, 5.41) is 35.3. The molecule has 4 N–H and O–H groups in total. The third-order valence-corrected chi connectivity index (χ3v) is 1.87. The Morgan fingerprint density at radius 2 is 2.00 bits per heavy atom. The molecule has 0 aromatic carbocycles. The van der Waals surface area contributed by atoms with Gasteiger partial charge in [-0.15, -0.1) is 0 Å². The van der Waals surface area contributed by atoms with E-state index in [2.05, 4.69) is 4.74 Å². The molecule has 0 aromatic heterocycles. The number of hydrogen-bond acceptors (Lipinski definition) is 5. The average Bonchev–Trinajstić information content (AvgIpc) is 2.09. The summed E-state index contributed by atoms with van der Waals surface area (Å²) in [5.74, 6) is -2.67. The Balaban J connectivity index is 2.71. The van der Waals surface area contributed by atoms with Gasteiger partial charge in [0.1, 0.15) is 24.9 Å². The summed E-state index contributed by atoms with van der Waals surface area (Å²) in [7, 11) is 0. The molecular formula is C6H11FO5. The molecule has 0 saturated carbocycles. The van der Waals surface area contributed by atoms with Crippen LogP contribution >= 0.6 is 0 Å². The summed E-state index contributed by atoms with van der Waals surface area (Å²) in [6.45, 7) is -1.51. The van der Waals surface area contributed by atoms with Gasteiger partial charge in [-0.3, -0.25) is 0 Å². The SMILES string of the molecule is OC[C@@]1(F)OC[C@H](O)[C@@H](O)[C@@H]1O. The Labute approximate surface area is 68.0 Å². The van der Waals surface area contributed by atoms with Crippen molar-refractivity contribution in [2.24, 2.45) is 0 Å². The third-order valence-electron chi connectivity index (χ3n) is 1.87. The molecule has 72 valence electrons. The molecule has 0 aromatic rings. The Bertz CT molecular complexity index is 166. The molecule has 1 fully saturated rings. The normalized spacial score (nSPS) is 49.2. The molecular weight excluding hydrogens is 171 g/mol. The van der Waals surface area contributed by atoms with Crippen LogP contribution in [-0.4, -0.2) is 57.8 Å². The zero-order valence-electron chi connectivity index (χ0n) is 6.22. The zero-order valence-corrected chi connectivity index (χ0v) is 6.22. The first-order valence-corrected chi connectivity index (χ1v) is 3.49. The number of rotatable bonds is 1. The van der Waals surface area contributed by atoms with Crippen molar-refractivity contribution in [1.82, 2.24) is 0 Å². The van der Waals surface area contributed by atoms with Crippen molar-refractivity contribution in [3.63, 3.8) is 0 Å². The number of ether oxygens (including phenoxy) is 1. The highest BCUT2D eigenvalue weighted by Gasteiger charge is 2.49. The van der Waals surface area contributed by atoms with Crippen LogP contribution < -0.4 is 0 Å². The average molecular weight is 182 g/mol. The van der Waals surface area contributed by atoms with Crippen molar-refractivity contribution in [3.05, 3.63) is 0 Å². The van der Waals surface area contributed by atoms with E-state index in [9.17, 15) is 4.39 Å². The van der Waals surface area contributed by atoms with Gasteiger partial charge in [0.15, 0.2) is 0 Å². The molecule has 0 amide bonds. The summed E-state index contributed by atoms with van der Waals surface area (Å²) in [6, 6.07) is 0. The first-order valence-electron chi connectivity index (χ1n) is 3.49. The summed E-state index contributed by atoms with van der Waals surface area (Å²) >= 11 is 0. The van der Waals surface area contributed by atoms with Gasteiger partial charge in [0.2, 0.25) is 0 Å². The lowest BCUT2D eigenvalue weighted by molar-refractivity contribution is -0.298. The number of aliphatic hydroxyl groups is 4. The van der Waals surface area contributed by atoms with Gasteiger partial charge in [-0.25, -0.2) is 4.39 Å². The fraction of sp³-hybridized carbons (Fsp3) is 1.00. The number of aliphatic hydroxyl groups excluding tert-OH is 4. The number of halogens is 1. The van der Waals surface area contributed by atoms with E-state index in [1.807, 2.05) is 0 Å². The maximum Gasteiger partial charge on any atom is 0.261 e. The molecule has 0 aliphatic carbocycles. The highest BCUT2D eigenvalue weighted by Crippen LogP contribution is 2.26. The quantitative estimate of drug-likeness (QED) is 0.368. The van der Waals surface area contributed by atoms with Crippen molar-refractivity contribution in [2.75, 3.05) is 13.2 Å².